The van der Waals surface area contributed by atoms with Gasteiger partial charge in [0.05, 0.1) is 30.9 Å². The Morgan fingerprint density at radius 2 is 1.77 bits per heavy atom. The third kappa shape index (κ3) is 2.93. The molecular weight excluding hydrogens is 280 g/mol. The number of hydrogen-bond donors (Lipinski definition) is 0. The van der Waals surface area contributed by atoms with Gasteiger partial charge in [0.25, 0.3) is 5.56 Å². The SMILES string of the molecule is COc1ccc(OCCn2cnc3ccccc3c2=O)cc1. The molecule has 0 radical (unpaired) electrons. The molecule has 3 aromatic rings. The summed E-state index contributed by atoms with van der Waals surface area (Å²) in [4.78, 5) is 16.6. The molecule has 2 aromatic carbocycles. The number of fused-ring (bicyclic) bond motifs is 1. The van der Waals surface area contributed by atoms with Crippen molar-refractivity contribution in [3.05, 3.63) is 65.2 Å². The van der Waals surface area contributed by atoms with Crippen molar-refractivity contribution in [1.82, 2.24) is 9.55 Å². The molecule has 0 saturated heterocycles. The normalized spacial score (nSPS) is 10.6. The molecule has 3 rings (SSSR count). The van der Waals surface area contributed by atoms with Crippen LogP contribution in [0.2, 0.25) is 0 Å². The topological polar surface area (TPSA) is 53.4 Å². The molecule has 5 heteroatoms. The van der Waals surface area contributed by atoms with Gasteiger partial charge in [-0.05, 0) is 36.4 Å². The monoisotopic (exact) mass is 296 g/mol. The summed E-state index contributed by atoms with van der Waals surface area (Å²) in [6.07, 6.45) is 1.56. The maximum absolute atomic E-state index is 12.3. The summed E-state index contributed by atoms with van der Waals surface area (Å²) in [5.74, 6) is 1.52. The lowest BCUT2D eigenvalue weighted by Crippen LogP contribution is -2.23. The molecule has 0 amide bonds. The van der Waals surface area contributed by atoms with E-state index in [-0.39, 0.29) is 5.56 Å². The van der Waals surface area contributed by atoms with E-state index in [9.17, 15) is 4.79 Å². The van der Waals surface area contributed by atoms with Gasteiger partial charge in [0, 0.05) is 0 Å². The Bertz CT molecular complexity index is 825. The number of benzene rings is 2. The van der Waals surface area contributed by atoms with Crippen LogP contribution >= 0.6 is 0 Å². The highest BCUT2D eigenvalue weighted by Gasteiger charge is 2.03. The van der Waals surface area contributed by atoms with Crippen LogP contribution in [0.1, 0.15) is 0 Å². The summed E-state index contributed by atoms with van der Waals surface area (Å²) in [6, 6.07) is 14.6. The number of aromatic nitrogens is 2. The summed E-state index contributed by atoms with van der Waals surface area (Å²) in [6.45, 7) is 0.842. The highest BCUT2D eigenvalue weighted by molar-refractivity contribution is 5.76. The van der Waals surface area contributed by atoms with Crippen molar-refractivity contribution in [1.29, 1.82) is 0 Å². The van der Waals surface area contributed by atoms with Gasteiger partial charge in [-0.25, -0.2) is 4.98 Å². The number of para-hydroxylation sites is 1. The average Bonchev–Trinajstić information content (AvgIpc) is 2.58. The maximum Gasteiger partial charge on any atom is 0.261 e. The second-order valence-electron chi connectivity index (χ2n) is 4.78. The van der Waals surface area contributed by atoms with E-state index in [1.807, 2.05) is 42.5 Å². The summed E-state index contributed by atoms with van der Waals surface area (Å²) in [7, 11) is 1.62. The van der Waals surface area contributed by atoms with E-state index in [0.29, 0.717) is 24.1 Å². The van der Waals surface area contributed by atoms with Crippen molar-refractivity contribution in [3.8, 4) is 11.5 Å². The van der Waals surface area contributed by atoms with Crippen LogP contribution in [0.15, 0.2) is 59.7 Å². The molecule has 0 atom stereocenters. The van der Waals surface area contributed by atoms with Gasteiger partial charge in [-0.15, -0.1) is 0 Å². The molecule has 0 spiro atoms. The minimum absolute atomic E-state index is 0.0519. The van der Waals surface area contributed by atoms with Gasteiger partial charge >= 0.3 is 0 Å². The van der Waals surface area contributed by atoms with Gasteiger partial charge in [0.1, 0.15) is 18.1 Å². The number of nitrogens with zero attached hydrogens (tertiary/aromatic N) is 2. The number of rotatable bonds is 5. The first-order valence-corrected chi connectivity index (χ1v) is 6.99. The summed E-state index contributed by atoms with van der Waals surface area (Å²) >= 11 is 0. The van der Waals surface area contributed by atoms with E-state index in [1.165, 1.54) is 0 Å². The molecule has 0 aliphatic rings. The number of methoxy groups -OCH3 is 1. The van der Waals surface area contributed by atoms with E-state index in [2.05, 4.69) is 4.98 Å². The molecule has 0 saturated carbocycles. The lowest BCUT2D eigenvalue weighted by atomic mass is 10.2. The third-order valence-corrected chi connectivity index (χ3v) is 3.39. The van der Waals surface area contributed by atoms with E-state index >= 15 is 0 Å². The number of ether oxygens (including phenoxy) is 2. The van der Waals surface area contributed by atoms with Crippen molar-refractivity contribution in [2.24, 2.45) is 0 Å². The Morgan fingerprint density at radius 1 is 1.05 bits per heavy atom. The molecular formula is C17H16N2O3. The fourth-order valence-electron chi connectivity index (χ4n) is 2.20. The van der Waals surface area contributed by atoms with Crippen molar-refractivity contribution < 1.29 is 9.47 Å². The molecule has 0 aliphatic heterocycles. The quantitative estimate of drug-likeness (QED) is 0.726. The summed E-state index contributed by atoms with van der Waals surface area (Å²) in [5, 5.41) is 0.620. The van der Waals surface area contributed by atoms with Crippen LogP contribution in [0.25, 0.3) is 10.9 Å². The second-order valence-corrected chi connectivity index (χ2v) is 4.78. The Morgan fingerprint density at radius 3 is 2.55 bits per heavy atom. The molecule has 0 N–H and O–H groups in total. The minimum atomic E-state index is -0.0519. The smallest absolute Gasteiger partial charge is 0.261 e. The first kappa shape index (κ1) is 14.1. The Balaban J connectivity index is 1.68. The van der Waals surface area contributed by atoms with Crippen LogP contribution in [0.3, 0.4) is 0 Å². The average molecular weight is 296 g/mol. The van der Waals surface area contributed by atoms with Crippen molar-refractivity contribution in [2.75, 3.05) is 13.7 Å². The minimum Gasteiger partial charge on any atom is -0.497 e. The predicted octanol–water partition coefficient (Wildman–Crippen LogP) is 2.48. The molecule has 1 heterocycles. The molecule has 1 aromatic heterocycles. The van der Waals surface area contributed by atoms with Crippen LogP contribution < -0.4 is 15.0 Å². The molecule has 22 heavy (non-hydrogen) atoms. The fraction of sp³-hybridized carbons (Fsp3) is 0.176. The summed E-state index contributed by atoms with van der Waals surface area (Å²) < 4.78 is 12.3. The van der Waals surface area contributed by atoms with Crippen molar-refractivity contribution in [3.63, 3.8) is 0 Å². The second kappa shape index (κ2) is 6.30. The lowest BCUT2D eigenvalue weighted by molar-refractivity contribution is 0.295. The van der Waals surface area contributed by atoms with E-state index in [4.69, 9.17) is 9.47 Å². The van der Waals surface area contributed by atoms with Gasteiger partial charge in [0.2, 0.25) is 0 Å². The van der Waals surface area contributed by atoms with Crippen molar-refractivity contribution >= 4 is 10.9 Å². The lowest BCUT2D eigenvalue weighted by Gasteiger charge is -2.09. The summed E-state index contributed by atoms with van der Waals surface area (Å²) in [5.41, 5.74) is 0.656. The first-order valence-electron chi connectivity index (χ1n) is 6.99. The Hall–Kier alpha value is -2.82. The molecule has 0 aliphatic carbocycles. The van der Waals surface area contributed by atoms with Gasteiger partial charge in [0.15, 0.2) is 0 Å². The van der Waals surface area contributed by atoms with Gasteiger partial charge in [-0.1, -0.05) is 12.1 Å². The van der Waals surface area contributed by atoms with Gasteiger partial charge < -0.3 is 9.47 Å². The molecule has 0 bridgehead atoms. The molecule has 0 fully saturated rings. The third-order valence-electron chi connectivity index (χ3n) is 3.39. The van der Waals surface area contributed by atoms with Crippen LogP contribution in [-0.2, 0) is 6.54 Å². The largest absolute Gasteiger partial charge is 0.497 e. The van der Waals surface area contributed by atoms with Gasteiger partial charge in [-0.2, -0.15) is 0 Å². The highest BCUT2D eigenvalue weighted by Crippen LogP contribution is 2.16. The fourth-order valence-corrected chi connectivity index (χ4v) is 2.20. The van der Waals surface area contributed by atoms with Crippen LogP contribution in [0, 0.1) is 0 Å². The van der Waals surface area contributed by atoms with Crippen LogP contribution in [0.4, 0.5) is 0 Å². The van der Waals surface area contributed by atoms with E-state index < -0.39 is 0 Å². The van der Waals surface area contributed by atoms with Crippen LogP contribution in [-0.4, -0.2) is 23.3 Å². The van der Waals surface area contributed by atoms with Gasteiger partial charge in [-0.3, -0.25) is 9.36 Å². The molecule has 5 nitrogen and oxygen atoms in total. The zero-order chi connectivity index (χ0) is 15.4. The zero-order valence-electron chi connectivity index (χ0n) is 12.2. The predicted molar refractivity (Wildman–Crippen MR) is 84.5 cm³/mol. The van der Waals surface area contributed by atoms with Crippen LogP contribution in [0.5, 0.6) is 11.5 Å². The standard InChI is InChI=1S/C17H16N2O3/c1-21-13-6-8-14(9-7-13)22-11-10-19-12-18-16-5-3-2-4-15(16)17(19)20/h2-9,12H,10-11H2,1H3. The molecule has 112 valence electrons. The Labute approximate surface area is 127 Å². The zero-order valence-corrected chi connectivity index (χ0v) is 12.2. The molecule has 0 unspecified atom stereocenters. The van der Waals surface area contributed by atoms with E-state index in [1.54, 1.807) is 24.1 Å². The first-order chi connectivity index (χ1) is 10.8. The Kier molecular flexibility index (Phi) is 4.05. The van der Waals surface area contributed by atoms with Crippen molar-refractivity contribution in [2.45, 2.75) is 6.54 Å². The maximum atomic E-state index is 12.3. The van der Waals surface area contributed by atoms with E-state index in [0.717, 1.165) is 11.5 Å². The highest BCUT2D eigenvalue weighted by atomic mass is 16.5. The number of hydrogen-bond acceptors (Lipinski definition) is 4.